The predicted octanol–water partition coefficient (Wildman–Crippen LogP) is 3.66. The maximum absolute atomic E-state index is 12.8. The number of carbonyl (C=O) groups excluding carboxylic acids is 1. The highest BCUT2D eigenvalue weighted by Gasteiger charge is 2.15. The van der Waals surface area contributed by atoms with E-state index in [1.807, 2.05) is 48.5 Å². The molecule has 0 atom stereocenters. The van der Waals surface area contributed by atoms with Crippen molar-refractivity contribution in [3.63, 3.8) is 0 Å². The van der Waals surface area contributed by atoms with Crippen molar-refractivity contribution in [1.82, 2.24) is 19.7 Å². The Balaban J connectivity index is 1.74. The summed E-state index contributed by atoms with van der Waals surface area (Å²) in [6.45, 7) is 0. The van der Waals surface area contributed by atoms with E-state index in [4.69, 9.17) is 12.2 Å². The highest BCUT2D eigenvalue weighted by atomic mass is 32.1. The molecule has 0 aliphatic heterocycles. The third kappa shape index (κ3) is 2.40. The van der Waals surface area contributed by atoms with Crippen LogP contribution in [0.5, 0.6) is 0 Å². The van der Waals surface area contributed by atoms with Gasteiger partial charge in [-0.3, -0.25) is 14.5 Å². The van der Waals surface area contributed by atoms with Crippen LogP contribution in [0.2, 0.25) is 0 Å². The Morgan fingerprint density at radius 1 is 1.12 bits per heavy atom. The van der Waals surface area contributed by atoms with Crippen molar-refractivity contribution in [2.75, 3.05) is 5.32 Å². The standard InChI is InChI=1S/C17H13N5OS/c23-16(20-13-8-4-5-11-9-19-21-15(11)13)14-10-18-17(24)22(14)12-6-2-1-3-7-12/h1-10H,(H,18,24)(H,19,21)(H,20,23). The van der Waals surface area contributed by atoms with E-state index >= 15 is 0 Å². The highest BCUT2D eigenvalue weighted by Crippen LogP contribution is 2.21. The third-order valence-electron chi connectivity index (χ3n) is 3.75. The van der Waals surface area contributed by atoms with Crippen molar-refractivity contribution >= 4 is 34.7 Å². The van der Waals surface area contributed by atoms with E-state index < -0.39 is 0 Å². The molecule has 7 heteroatoms. The average Bonchev–Trinajstić information content (AvgIpc) is 3.22. The molecule has 24 heavy (non-hydrogen) atoms. The summed E-state index contributed by atoms with van der Waals surface area (Å²) in [4.78, 5) is 15.7. The fourth-order valence-electron chi connectivity index (χ4n) is 2.63. The molecule has 0 unspecified atom stereocenters. The van der Waals surface area contributed by atoms with Gasteiger partial charge in [0.1, 0.15) is 5.69 Å². The van der Waals surface area contributed by atoms with E-state index in [1.54, 1.807) is 17.0 Å². The van der Waals surface area contributed by atoms with Gasteiger partial charge in [-0.2, -0.15) is 5.10 Å². The first-order valence-corrected chi connectivity index (χ1v) is 7.74. The van der Waals surface area contributed by atoms with E-state index in [1.165, 1.54) is 0 Å². The topological polar surface area (TPSA) is 78.5 Å². The molecule has 118 valence electrons. The van der Waals surface area contributed by atoms with Crippen LogP contribution in [0.4, 0.5) is 5.69 Å². The smallest absolute Gasteiger partial charge is 0.274 e. The van der Waals surface area contributed by atoms with Crippen LogP contribution >= 0.6 is 12.2 Å². The number of imidazole rings is 1. The van der Waals surface area contributed by atoms with Crippen LogP contribution in [-0.4, -0.2) is 25.7 Å². The van der Waals surface area contributed by atoms with Gasteiger partial charge < -0.3 is 10.3 Å². The Morgan fingerprint density at radius 3 is 2.79 bits per heavy atom. The molecule has 0 radical (unpaired) electrons. The monoisotopic (exact) mass is 335 g/mol. The Bertz CT molecular complexity index is 1080. The number of hydrogen-bond acceptors (Lipinski definition) is 3. The molecule has 0 bridgehead atoms. The van der Waals surface area contributed by atoms with Crippen LogP contribution < -0.4 is 5.32 Å². The van der Waals surface area contributed by atoms with Gasteiger partial charge in [-0.15, -0.1) is 0 Å². The van der Waals surface area contributed by atoms with Gasteiger partial charge in [0.05, 0.1) is 17.4 Å². The van der Waals surface area contributed by atoms with Crippen LogP contribution in [0.25, 0.3) is 16.6 Å². The highest BCUT2D eigenvalue weighted by molar-refractivity contribution is 7.71. The summed E-state index contributed by atoms with van der Waals surface area (Å²) in [5.74, 6) is -0.256. The van der Waals surface area contributed by atoms with Gasteiger partial charge in [0, 0.05) is 17.3 Å². The van der Waals surface area contributed by atoms with Crippen LogP contribution in [0, 0.1) is 4.77 Å². The first-order chi connectivity index (χ1) is 11.7. The summed E-state index contributed by atoms with van der Waals surface area (Å²) in [6.07, 6.45) is 3.32. The maximum atomic E-state index is 12.8. The molecule has 2 heterocycles. The molecule has 0 saturated heterocycles. The second kappa shape index (κ2) is 5.78. The fourth-order valence-corrected chi connectivity index (χ4v) is 2.89. The van der Waals surface area contributed by atoms with Crippen LogP contribution in [0.1, 0.15) is 10.5 Å². The number of aromatic nitrogens is 4. The van der Waals surface area contributed by atoms with E-state index in [-0.39, 0.29) is 5.91 Å². The Kier molecular flexibility index (Phi) is 3.47. The summed E-state index contributed by atoms with van der Waals surface area (Å²) in [5.41, 5.74) is 2.71. The molecule has 0 aliphatic carbocycles. The summed E-state index contributed by atoms with van der Waals surface area (Å²) in [7, 11) is 0. The summed E-state index contributed by atoms with van der Waals surface area (Å²) >= 11 is 5.31. The number of amides is 1. The molecule has 6 nitrogen and oxygen atoms in total. The minimum atomic E-state index is -0.256. The van der Waals surface area contributed by atoms with Crippen molar-refractivity contribution in [3.05, 3.63) is 71.4 Å². The molecular weight excluding hydrogens is 322 g/mol. The first kappa shape index (κ1) is 14.4. The minimum Gasteiger partial charge on any atom is -0.336 e. The molecular formula is C17H13N5OS. The van der Waals surface area contributed by atoms with Gasteiger partial charge in [0.25, 0.3) is 5.91 Å². The van der Waals surface area contributed by atoms with E-state index in [0.29, 0.717) is 16.2 Å². The molecule has 0 fully saturated rings. The number of carbonyl (C=O) groups is 1. The lowest BCUT2D eigenvalue weighted by Crippen LogP contribution is -2.16. The minimum absolute atomic E-state index is 0.256. The second-order valence-electron chi connectivity index (χ2n) is 5.24. The summed E-state index contributed by atoms with van der Waals surface area (Å²) < 4.78 is 2.17. The Morgan fingerprint density at radius 2 is 1.96 bits per heavy atom. The number of nitrogens with one attached hydrogen (secondary N) is 3. The fraction of sp³-hybridized carbons (Fsp3) is 0. The third-order valence-corrected chi connectivity index (χ3v) is 4.05. The molecule has 0 spiro atoms. The molecule has 2 aromatic heterocycles. The molecule has 0 aliphatic rings. The molecule has 1 amide bonds. The number of fused-ring (bicyclic) bond motifs is 1. The van der Waals surface area contributed by atoms with Gasteiger partial charge in [-0.1, -0.05) is 30.3 Å². The first-order valence-electron chi connectivity index (χ1n) is 7.33. The van der Waals surface area contributed by atoms with Gasteiger partial charge in [0.15, 0.2) is 4.77 Å². The maximum Gasteiger partial charge on any atom is 0.274 e. The SMILES string of the molecule is O=C(Nc1cccc2cn[nH]c12)c1c[nH]c(=S)n1-c1ccccc1. The molecule has 4 rings (SSSR count). The largest absolute Gasteiger partial charge is 0.336 e. The van der Waals surface area contributed by atoms with E-state index in [0.717, 1.165) is 16.6 Å². The van der Waals surface area contributed by atoms with Crippen molar-refractivity contribution < 1.29 is 4.79 Å². The number of aromatic amines is 2. The van der Waals surface area contributed by atoms with Crippen molar-refractivity contribution in [1.29, 1.82) is 0 Å². The number of rotatable bonds is 3. The van der Waals surface area contributed by atoms with Gasteiger partial charge in [-0.25, -0.2) is 0 Å². The number of anilines is 1. The van der Waals surface area contributed by atoms with Gasteiger partial charge >= 0.3 is 0 Å². The van der Waals surface area contributed by atoms with Gasteiger partial charge in [-0.05, 0) is 30.4 Å². The summed E-state index contributed by atoms with van der Waals surface area (Å²) in [6, 6.07) is 15.1. The van der Waals surface area contributed by atoms with Gasteiger partial charge in [0.2, 0.25) is 0 Å². The number of para-hydroxylation sites is 2. The molecule has 0 saturated carbocycles. The van der Waals surface area contributed by atoms with Crippen LogP contribution in [0.15, 0.2) is 60.9 Å². The lowest BCUT2D eigenvalue weighted by Gasteiger charge is -2.09. The normalized spacial score (nSPS) is 10.8. The van der Waals surface area contributed by atoms with Crippen LogP contribution in [-0.2, 0) is 0 Å². The summed E-state index contributed by atoms with van der Waals surface area (Å²) in [5, 5.41) is 10.7. The average molecular weight is 335 g/mol. The molecule has 2 aromatic carbocycles. The molecule has 4 aromatic rings. The molecule has 3 N–H and O–H groups in total. The zero-order valence-electron chi connectivity index (χ0n) is 12.5. The Labute approximate surface area is 142 Å². The Hall–Kier alpha value is -3.19. The zero-order valence-corrected chi connectivity index (χ0v) is 13.3. The second-order valence-corrected chi connectivity index (χ2v) is 5.63. The van der Waals surface area contributed by atoms with Crippen LogP contribution in [0.3, 0.4) is 0 Å². The van der Waals surface area contributed by atoms with E-state index in [2.05, 4.69) is 20.5 Å². The number of nitrogens with zero attached hydrogens (tertiary/aromatic N) is 2. The number of hydrogen-bond donors (Lipinski definition) is 3. The lowest BCUT2D eigenvalue weighted by atomic mass is 10.2. The number of benzene rings is 2. The zero-order chi connectivity index (χ0) is 16.5. The van der Waals surface area contributed by atoms with Crippen molar-refractivity contribution in [2.45, 2.75) is 0 Å². The predicted molar refractivity (Wildman–Crippen MR) is 95.0 cm³/mol. The van der Waals surface area contributed by atoms with Crippen molar-refractivity contribution in [2.24, 2.45) is 0 Å². The lowest BCUT2D eigenvalue weighted by molar-refractivity contribution is 0.102. The quantitative estimate of drug-likeness (QED) is 0.500. The van der Waals surface area contributed by atoms with E-state index in [9.17, 15) is 4.79 Å². The van der Waals surface area contributed by atoms with Crippen molar-refractivity contribution in [3.8, 4) is 5.69 Å². The number of H-pyrrole nitrogens is 2.